The van der Waals surface area contributed by atoms with E-state index in [1.807, 2.05) is 59.3 Å². The maximum atomic E-state index is 12.8. The number of hydrogen-bond acceptors (Lipinski definition) is 2. The van der Waals surface area contributed by atoms with Gasteiger partial charge in [-0.3, -0.25) is 4.79 Å². The SMILES string of the molecule is O=C(Nc1ccc(-n2ccnc2)cc1)C1(c2cccc(Br)c2)CC1. The molecule has 2 aromatic carbocycles. The summed E-state index contributed by atoms with van der Waals surface area (Å²) in [4.78, 5) is 16.8. The summed E-state index contributed by atoms with van der Waals surface area (Å²) in [7, 11) is 0. The summed E-state index contributed by atoms with van der Waals surface area (Å²) in [6.45, 7) is 0. The summed E-state index contributed by atoms with van der Waals surface area (Å²) < 4.78 is 2.93. The van der Waals surface area contributed by atoms with Crippen LogP contribution in [-0.2, 0) is 10.2 Å². The zero-order valence-electron chi connectivity index (χ0n) is 12.9. The van der Waals surface area contributed by atoms with Gasteiger partial charge in [0.05, 0.1) is 11.7 Å². The van der Waals surface area contributed by atoms with Gasteiger partial charge in [-0.1, -0.05) is 28.1 Å². The van der Waals surface area contributed by atoms with Crippen LogP contribution < -0.4 is 5.32 Å². The van der Waals surface area contributed by atoms with Gasteiger partial charge in [0.25, 0.3) is 0 Å². The summed E-state index contributed by atoms with van der Waals surface area (Å²) in [6, 6.07) is 15.8. The molecule has 0 radical (unpaired) electrons. The van der Waals surface area contributed by atoms with E-state index in [1.54, 1.807) is 12.5 Å². The van der Waals surface area contributed by atoms with Crippen LogP contribution in [0.15, 0.2) is 71.7 Å². The molecule has 120 valence electrons. The predicted octanol–water partition coefficient (Wildman–Crippen LogP) is 4.31. The molecule has 0 atom stereocenters. The quantitative estimate of drug-likeness (QED) is 0.731. The lowest BCUT2D eigenvalue weighted by Gasteiger charge is -2.16. The number of anilines is 1. The highest BCUT2D eigenvalue weighted by atomic mass is 79.9. The van der Waals surface area contributed by atoms with Crippen molar-refractivity contribution in [2.75, 3.05) is 5.32 Å². The van der Waals surface area contributed by atoms with Crippen molar-refractivity contribution in [3.63, 3.8) is 0 Å². The molecule has 1 heterocycles. The van der Waals surface area contributed by atoms with Crippen LogP contribution in [0.5, 0.6) is 0 Å². The van der Waals surface area contributed by atoms with Crippen LogP contribution in [0, 0.1) is 0 Å². The standard InChI is InChI=1S/C19H16BrN3O/c20-15-3-1-2-14(12-15)19(8-9-19)18(24)22-16-4-6-17(7-5-16)23-11-10-21-13-23/h1-7,10-13H,8-9H2,(H,22,24). The van der Waals surface area contributed by atoms with E-state index >= 15 is 0 Å². The minimum atomic E-state index is -0.382. The van der Waals surface area contributed by atoms with Crippen molar-refractivity contribution in [1.82, 2.24) is 9.55 Å². The third-order valence-electron chi connectivity index (χ3n) is 4.49. The molecular weight excluding hydrogens is 366 g/mol. The zero-order valence-corrected chi connectivity index (χ0v) is 14.5. The van der Waals surface area contributed by atoms with E-state index in [-0.39, 0.29) is 11.3 Å². The van der Waals surface area contributed by atoms with Crippen LogP contribution >= 0.6 is 15.9 Å². The van der Waals surface area contributed by atoms with E-state index in [4.69, 9.17) is 0 Å². The largest absolute Gasteiger partial charge is 0.325 e. The molecule has 0 aliphatic heterocycles. The van der Waals surface area contributed by atoms with Crippen molar-refractivity contribution in [2.45, 2.75) is 18.3 Å². The average Bonchev–Trinajstić information content (AvgIpc) is 3.23. The molecule has 0 spiro atoms. The molecule has 0 saturated heterocycles. The number of nitrogens with one attached hydrogen (secondary N) is 1. The van der Waals surface area contributed by atoms with Crippen molar-refractivity contribution >= 4 is 27.5 Å². The lowest BCUT2D eigenvalue weighted by Crippen LogP contribution is -2.27. The van der Waals surface area contributed by atoms with Gasteiger partial charge in [0, 0.05) is 28.2 Å². The Hall–Kier alpha value is -2.40. The van der Waals surface area contributed by atoms with E-state index < -0.39 is 0 Å². The third-order valence-corrected chi connectivity index (χ3v) is 4.98. The van der Waals surface area contributed by atoms with Gasteiger partial charge < -0.3 is 9.88 Å². The average molecular weight is 382 g/mol. The van der Waals surface area contributed by atoms with Crippen LogP contribution in [0.1, 0.15) is 18.4 Å². The molecule has 0 unspecified atom stereocenters. The Bertz CT molecular complexity index is 868. The first-order valence-electron chi connectivity index (χ1n) is 7.83. The fourth-order valence-electron chi connectivity index (χ4n) is 2.94. The van der Waals surface area contributed by atoms with Gasteiger partial charge in [-0.05, 0) is 54.8 Å². The van der Waals surface area contributed by atoms with Crippen molar-refractivity contribution in [3.05, 3.63) is 77.3 Å². The van der Waals surface area contributed by atoms with Gasteiger partial charge in [0.15, 0.2) is 0 Å². The monoisotopic (exact) mass is 381 g/mol. The fraction of sp³-hybridized carbons (Fsp3) is 0.158. The minimum absolute atomic E-state index is 0.0657. The van der Waals surface area contributed by atoms with E-state index in [9.17, 15) is 4.79 Å². The molecular formula is C19H16BrN3O. The Kier molecular flexibility index (Phi) is 3.73. The van der Waals surface area contributed by atoms with Gasteiger partial charge in [-0.15, -0.1) is 0 Å². The molecule has 1 saturated carbocycles. The number of rotatable bonds is 4. The van der Waals surface area contributed by atoms with Crippen LogP contribution in [0.25, 0.3) is 5.69 Å². The molecule has 1 N–H and O–H groups in total. The zero-order chi connectivity index (χ0) is 16.6. The van der Waals surface area contributed by atoms with E-state index in [1.165, 1.54) is 0 Å². The first kappa shape index (κ1) is 15.1. The van der Waals surface area contributed by atoms with Crippen molar-refractivity contribution < 1.29 is 4.79 Å². The Balaban J connectivity index is 1.52. The number of hydrogen-bond donors (Lipinski definition) is 1. The molecule has 4 nitrogen and oxygen atoms in total. The highest BCUT2D eigenvalue weighted by Crippen LogP contribution is 2.49. The second kappa shape index (κ2) is 5.91. The van der Waals surface area contributed by atoms with Gasteiger partial charge in [-0.25, -0.2) is 4.98 Å². The minimum Gasteiger partial charge on any atom is -0.325 e. The van der Waals surface area contributed by atoms with Gasteiger partial charge in [0.2, 0.25) is 5.91 Å². The number of halogens is 1. The molecule has 5 heteroatoms. The van der Waals surface area contributed by atoms with Crippen molar-refractivity contribution in [3.8, 4) is 5.69 Å². The highest BCUT2D eigenvalue weighted by Gasteiger charge is 2.51. The van der Waals surface area contributed by atoms with Gasteiger partial charge in [-0.2, -0.15) is 0 Å². The fourth-order valence-corrected chi connectivity index (χ4v) is 3.34. The van der Waals surface area contributed by atoms with Gasteiger partial charge >= 0.3 is 0 Å². The second-order valence-corrected chi connectivity index (χ2v) is 6.98. The second-order valence-electron chi connectivity index (χ2n) is 6.06. The van der Waals surface area contributed by atoms with E-state index in [2.05, 4.69) is 26.2 Å². The van der Waals surface area contributed by atoms with Crippen LogP contribution in [0.3, 0.4) is 0 Å². The lowest BCUT2D eigenvalue weighted by atomic mass is 9.95. The first-order chi connectivity index (χ1) is 11.7. The summed E-state index contributed by atoms with van der Waals surface area (Å²) in [5.74, 6) is 0.0657. The number of nitrogens with zero attached hydrogens (tertiary/aromatic N) is 2. The highest BCUT2D eigenvalue weighted by molar-refractivity contribution is 9.10. The van der Waals surface area contributed by atoms with Crippen LogP contribution in [-0.4, -0.2) is 15.5 Å². The summed E-state index contributed by atoms with van der Waals surface area (Å²) in [5.41, 5.74) is 2.51. The molecule has 4 rings (SSSR count). The Morgan fingerprint density at radius 1 is 1.17 bits per heavy atom. The Morgan fingerprint density at radius 3 is 2.58 bits per heavy atom. The number of aromatic nitrogens is 2. The number of benzene rings is 2. The van der Waals surface area contributed by atoms with Crippen LogP contribution in [0.2, 0.25) is 0 Å². The van der Waals surface area contributed by atoms with Crippen molar-refractivity contribution in [2.24, 2.45) is 0 Å². The first-order valence-corrected chi connectivity index (χ1v) is 8.63. The summed E-state index contributed by atoms with van der Waals surface area (Å²) in [6.07, 6.45) is 7.16. The lowest BCUT2D eigenvalue weighted by molar-refractivity contribution is -0.118. The summed E-state index contributed by atoms with van der Waals surface area (Å²) >= 11 is 3.49. The molecule has 3 aromatic rings. The molecule has 24 heavy (non-hydrogen) atoms. The van der Waals surface area contributed by atoms with Crippen molar-refractivity contribution in [1.29, 1.82) is 0 Å². The maximum Gasteiger partial charge on any atom is 0.235 e. The number of carbonyl (C=O) groups excluding carboxylic acids is 1. The normalized spacial score (nSPS) is 15.0. The van der Waals surface area contributed by atoms with Gasteiger partial charge in [0.1, 0.15) is 0 Å². The summed E-state index contributed by atoms with van der Waals surface area (Å²) in [5, 5.41) is 3.06. The molecule has 1 aromatic heterocycles. The topological polar surface area (TPSA) is 46.9 Å². The molecule has 1 fully saturated rings. The number of carbonyl (C=O) groups is 1. The molecule has 0 bridgehead atoms. The third kappa shape index (κ3) is 2.76. The van der Waals surface area contributed by atoms with E-state index in [0.717, 1.165) is 34.3 Å². The number of imidazole rings is 1. The Morgan fingerprint density at radius 2 is 1.96 bits per heavy atom. The number of amides is 1. The smallest absolute Gasteiger partial charge is 0.235 e. The Labute approximate surface area is 148 Å². The molecule has 1 amide bonds. The molecule has 1 aliphatic rings. The van der Waals surface area contributed by atoms with E-state index in [0.29, 0.717) is 0 Å². The van der Waals surface area contributed by atoms with Crippen LogP contribution in [0.4, 0.5) is 5.69 Å². The maximum absolute atomic E-state index is 12.8. The molecule has 1 aliphatic carbocycles. The predicted molar refractivity (Wildman–Crippen MR) is 97.2 cm³/mol.